The first kappa shape index (κ1) is 20.6. The highest BCUT2D eigenvalue weighted by Crippen LogP contribution is 2.28. The summed E-state index contributed by atoms with van der Waals surface area (Å²) in [5, 5.41) is 12.6. The van der Waals surface area contributed by atoms with E-state index < -0.39 is 0 Å². The fourth-order valence-corrected chi connectivity index (χ4v) is 4.39. The molecule has 1 saturated heterocycles. The molecule has 3 aromatic rings. The summed E-state index contributed by atoms with van der Waals surface area (Å²) < 4.78 is 2.02. The SMILES string of the molecule is Cc1ccc(-c2nnc(SCC(=O)NCCN3CCCC3)n2-c2ccccc2)cc1. The number of aryl methyl sites for hydroxylation is 1. The molecule has 0 atom stereocenters. The molecule has 6 nitrogen and oxygen atoms in total. The Morgan fingerprint density at radius 2 is 1.77 bits per heavy atom. The van der Waals surface area contributed by atoms with E-state index in [4.69, 9.17) is 0 Å². The molecular weight excluding hydrogens is 394 g/mol. The van der Waals surface area contributed by atoms with Crippen LogP contribution < -0.4 is 5.32 Å². The van der Waals surface area contributed by atoms with Crippen LogP contribution in [0.5, 0.6) is 0 Å². The number of thioether (sulfide) groups is 1. The van der Waals surface area contributed by atoms with Crippen molar-refractivity contribution in [2.75, 3.05) is 31.9 Å². The summed E-state index contributed by atoms with van der Waals surface area (Å²) in [6, 6.07) is 18.3. The van der Waals surface area contributed by atoms with Crippen molar-refractivity contribution in [1.29, 1.82) is 0 Å². The van der Waals surface area contributed by atoms with Crippen LogP contribution in [-0.4, -0.2) is 57.5 Å². The van der Waals surface area contributed by atoms with Crippen molar-refractivity contribution in [2.24, 2.45) is 0 Å². The summed E-state index contributed by atoms with van der Waals surface area (Å²) in [6.07, 6.45) is 2.53. The van der Waals surface area contributed by atoms with Gasteiger partial charge in [0.05, 0.1) is 5.75 Å². The molecule has 0 spiro atoms. The Morgan fingerprint density at radius 1 is 1.03 bits per heavy atom. The number of likely N-dealkylation sites (tertiary alicyclic amines) is 1. The second-order valence-corrected chi connectivity index (χ2v) is 8.47. The van der Waals surface area contributed by atoms with Crippen molar-refractivity contribution in [3.05, 3.63) is 60.2 Å². The molecule has 0 radical (unpaired) electrons. The van der Waals surface area contributed by atoms with Crippen molar-refractivity contribution in [2.45, 2.75) is 24.9 Å². The van der Waals surface area contributed by atoms with E-state index in [0.717, 1.165) is 36.7 Å². The highest BCUT2D eigenvalue weighted by atomic mass is 32.2. The van der Waals surface area contributed by atoms with Crippen LogP contribution in [0.4, 0.5) is 0 Å². The normalized spacial score (nSPS) is 14.2. The molecule has 7 heteroatoms. The Bertz CT molecular complexity index is 965. The molecule has 156 valence electrons. The molecule has 0 saturated carbocycles. The van der Waals surface area contributed by atoms with Crippen LogP contribution >= 0.6 is 11.8 Å². The minimum atomic E-state index is 0.0266. The molecule has 1 aliphatic heterocycles. The standard InChI is InChI=1S/C23H27N5OS/c1-18-9-11-19(12-10-18)22-25-26-23(28(22)20-7-3-2-4-8-20)30-17-21(29)24-13-16-27-14-5-6-15-27/h2-4,7-12H,5-6,13-17H2,1H3,(H,24,29). The molecule has 1 aliphatic rings. The largest absolute Gasteiger partial charge is 0.354 e. The third-order valence-electron chi connectivity index (χ3n) is 5.24. The van der Waals surface area contributed by atoms with Gasteiger partial charge in [0.25, 0.3) is 0 Å². The number of benzene rings is 2. The molecule has 0 bridgehead atoms. The summed E-state index contributed by atoms with van der Waals surface area (Å²) >= 11 is 1.42. The van der Waals surface area contributed by atoms with E-state index in [1.165, 1.54) is 30.2 Å². The van der Waals surface area contributed by atoms with Gasteiger partial charge in [0, 0.05) is 24.3 Å². The number of rotatable bonds is 8. The molecule has 2 aromatic carbocycles. The molecule has 0 unspecified atom stereocenters. The van der Waals surface area contributed by atoms with Gasteiger partial charge in [0.15, 0.2) is 11.0 Å². The summed E-state index contributed by atoms with van der Waals surface area (Å²) in [7, 11) is 0. The van der Waals surface area contributed by atoms with E-state index in [-0.39, 0.29) is 5.91 Å². The quantitative estimate of drug-likeness (QED) is 0.564. The van der Waals surface area contributed by atoms with Gasteiger partial charge in [-0.1, -0.05) is 59.8 Å². The van der Waals surface area contributed by atoms with Crippen LogP contribution in [0.15, 0.2) is 59.8 Å². The van der Waals surface area contributed by atoms with Gasteiger partial charge >= 0.3 is 0 Å². The number of aromatic nitrogens is 3. The number of carbonyl (C=O) groups excluding carboxylic acids is 1. The van der Waals surface area contributed by atoms with E-state index in [1.54, 1.807) is 0 Å². The zero-order chi connectivity index (χ0) is 20.8. The minimum Gasteiger partial charge on any atom is -0.354 e. The average Bonchev–Trinajstić information content (AvgIpc) is 3.43. The molecule has 1 N–H and O–H groups in total. The fraction of sp³-hybridized carbons (Fsp3) is 0.348. The van der Waals surface area contributed by atoms with E-state index >= 15 is 0 Å². The Kier molecular flexibility index (Phi) is 6.81. The molecular formula is C23H27N5OS. The molecule has 4 rings (SSSR count). The monoisotopic (exact) mass is 421 g/mol. The van der Waals surface area contributed by atoms with E-state index in [0.29, 0.717) is 17.5 Å². The fourth-order valence-electron chi connectivity index (χ4n) is 3.60. The number of nitrogens with zero attached hydrogens (tertiary/aromatic N) is 4. The van der Waals surface area contributed by atoms with Crippen molar-refractivity contribution < 1.29 is 4.79 Å². The van der Waals surface area contributed by atoms with Gasteiger partial charge in [-0.15, -0.1) is 10.2 Å². The Labute approximate surface area is 181 Å². The average molecular weight is 422 g/mol. The van der Waals surface area contributed by atoms with Gasteiger partial charge in [0.1, 0.15) is 0 Å². The lowest BCUT2D eigenvalue weighted by Gasteiger charge is -2.14. The van der Waals surface area contributed by atoms with Crippen LogP contribution in [0.3, 0.4) is 0 Å². The predicted octanol–water partition coefficient (Wildman–Crippen LogP) is 3.55. The number of hydrogen-bond donors (Lipinski definition) is 1. The topological polar surface area (TPSA) is 63.1 Å². The molecule has 1 amide bonds. The highest BCUT2D eigenvalue weighted by molar-refractivity contribution is 7.99. The zero-order valence-corrected chi connectivity index (χ0v) is 18.1. The van der Waals surface area contributed by atoms with Crippen molar-refractivity contribution in [1.82, 2.24) is 25.0 Å². The maximum Gasteiger partial charge on any atom is 0.230 e. The highest BCUT2D eigenvalue weighted by Gasteiger charge is 2.17. The number of para-hydroxylation sites is 1. The van der Waals surface area contributed by atoms with Crippen LogP contribution in [-0.2, 0) is 4.79 Å². The number of nitrogens with one attached hydrogen (secondary N) is 1. The second-order valence-electron chi connectivity index (χ2n) is 7.53. The van der Waals surface area contributed by atoms with Gasteiger partial charge in [-0.25, -0.2) is 0 Å². The smallest absolute Gasteiger partial charge is 0.230 e. The van der Waals surface area contributed by atoms with Crippen LogP contribution in [0.25, 0.3) is 17.1 Å². The van der Waals surface area contributed by atoms with Gasteiger partial charge in [-0.2, -0.15) is 0 Å². The van der Waals surface area contributed by atoms with E-state index in [2.05, 4.69) is 51.6 Å². The maximum absolute atomic E-state index is 12.3. The van der Waals surface area contributed by atoms with Crippen LogP contribution in [0.2, 0.25) is 0 Å². The number of hydrogen-bond acceptors (Lipinski definition) is 5. The Balaban J connectivity index is 1.46. The number of carbonyl (C=O) groups is 1. The van der Waals surface area contributed by atoms with Crippen molar-refractivity contribution in [3.8, 4) is 17.1 Å². The van der Waals surface area contributed by atoms with E-state index in [9.17, 15) is 4.79 Å². The third-order valence-corrected chi connectivity index (χ3v) is 6.17. The van der Waals surface area contributed by atoms with Crippen molar-refractivity contribution >= 4 is 17.7 Å². The number of amides is 1. The summed E-state index contributed by atoms with van der Waals surface area (Å²) in [6.45, 7) is 5.97. The predicted molar refractivity (Wildman–Crippen MR) is 121 cm³/mol. The molecule has 2 heterocycles. The van der Waals surface area contributed by atoms with Gasteiger partial charge in [-0.3, -0.25) is 9.36 Å². The van der Waals surface area contributed by atoms with E-state index in [1.807, 2.05) is 34.9 Å². The lowest BCUT2D eigenvalue weighted by Crippen LogP contribution is -2.34. The summed E-state index contributed by atoms with van der Waals surface area (Å²) in [5.41, 5.74) is 3.18. The second kappa shape index (κ2) is 9.91. The van der Waals surface area contributed by atoms with Gasteiger partial charge in [-0.05, 0) is 45.0 Å². The Morgan fingerprint density at radius 3 is 2.50 bits per heavy atom. The molecule has 1 fully saturated rings. The Hall–Kier alpha value is -2.64. The zero-order valence-electron chi connectivity index (χ0n) is 17.3. The summed E-state index contributed by atoms with van der Waals surface area (Å²) in [5.74, 6) is 1.12. The first-order chi connectivity index (χ1) is 14.7. The minimum absolute atomic E-state index is 0.0266. The molecule has 0 aliphatic carbocycles. The lowest BCUT2D eigenvalue weighted by atomic mass is 10.1. The first-order valence-corrected chi connectivity index (χ1v) is 11.4. The van der Waals surface area contributed by atoms with Crippen molar-refractivity contribution in [3.63, 3.8) is 0 Å². The van der Waals surface area contributed by atoms with Gasteiger partial charge in [0.2, 0.25) is 5.91 Å². The maximum atomic E-state index is 12.3. The summed E-state index contributed by atoms with van der Waals surface area (Å²) in [4.78, 5) is 14.7. The van der Waals surface area contributed by atoms with Crippen LogP contribution in [0, 0.1) is 6.92 Å². The van der Waals surface area contributed by atoms with Crippen LogP contribution in [0.1, 0.15) is 18.4 Å². The molecule has 1 aromatic heterocycles. The third kappa shape index (κ3) is 5.09. The lowest BCUT2D eigenvalue weighted by molar-refractivity contribution is -0.118. The molecule has 30 heavy (non-hydrogen) atoms. The first-order valence-electron chi connectivity index (χ1n) is 10.4. The van der Waals surface area contributed by atoms with Gasteiger partial charge < -0.3 is 10.2 Å².